The van der Waals surface area contributed by atoms with E-state index in [0.29, 0.717) is 33.5 Å². The van der Waals surface area contributed by atoms with Crippen molar-refractivity contribution in [3.8, 4) is 11.5 Å². The van der Waals surface area contributed by atoms with E-state index in [4.69, 9.17) is 21.1 Å². The van der Waals surface area contributed by atoms with Crippen molar-refractivity contribution in [1.82, 2.24) is 0 Å². The van der Waals surface area contributed by atoms with Crippen LogP contribution in [0.25, 0.3) is 0 Å². The zero-order valence-corrected chi connectivity index (χ0v) is 15.3. The fraction of sp³-hybridized carbons (Fsp3) is 0.222. The van der Waals surface area contributed by atoms with Gasteiger partial charge in [0.1, 0.15) is 0 Å². The molecule has 0 atom stereocenters. The van der Waals surface area contributed by atoms with Crippen LogP contribution in [0.15, 0.2) is 36.4 Å². The van der Waals surface area contributed by atoms with Crippen LogP contribution in [-0.2, 0) is 9.53 Å². The third-order valence-corrected chi connectivity index (χ3v) is 3.82. The van der Waals surface area contributed by atoms with E-state index in [2.05, 4.69) is 15.4 Å². The maximum Gasteiger partial charge on any atom is 0.337 e. The molecule has 0 unspecified atom stereocenters. The summed E-state index contributed by atoms with van der Waals surface area (Å²) in [6.07, 6.45) is 0. The van der Waals surface area contributed by atoms with Crippen LogP contribution < -0.4 is 20.1 Å². The van der Waals surface area contributed by atoms with Gasteiger partial charge in [0.25, 0.3) is 0 Å². The molecule has 26 heavy (non-hydrogen) atoms. The quantitative estimate of drug-likeness (QED) is 0.719. The Morgan fingerprint density at radius 3 is 2.19 bits per heavy atom. The number of halogens is 1. The van der Waals surface area contributed by atoms with Crippen LogP contribution >= 0.6 is 11.6 Å². The smallest absolute Gasteiger partial charge is 0.337 e. The van der Waals surface area contributed by atoms with E-state index in [1.54, 1.807) is 36.4 Å². The van der Waals surface area contributed by atoms with Crippen LogP contribution in [0.5, 0.6) is 11.5 Å². The molecule has 0 heterocycles. The van der Waals surface area contributed by atoms with Gasteiger partial charge >= 0.3 is 5.97 Å². The highest BCUT2D eigenvalue weighted by Gasteiger charge is 2.11. The number of amides is 1. The Morgan fingerprint density at radius 1 is 1.00 bits per heavy atom. The number of carbonyl (C=O) groups excluding carboxylic acids is 2. The lowest BCUT2D eigenvalue weighted by atomic mass is 10.2. The highest BCUT2D eigenvalue weighted by atomic mass is 35.5. The Labute approximate surface area is 156 Å². The second kappa shape index (κ2) is 8.96. The van der Waals surface area contributed by atoms with Gasteiger partial charge in [0.05, 0.1) is 44.1 Å². The Kier molecular flexibility index (Phi) is 6.68. The number of ether oxygens (including phenoxy) is 3. The molecule has 0 radical (unpaired) electrons. The van der Waals surface area contributed by atoms with Crippen molar-refractivity contribution in [2.24, 2.45) is 0 Å². The SMILES string of the molecule is COC(=O)c1ccc(NC(=O)CNc2cc(OC)c(OC)cc2Cl)cc1. The lowest BCUT2D eigenvalue weighted by Gasteiger charge is -2.13. The van der Waals surface area contributed by atoms with Gasteiger partial charge in [0, 0.05) is 17.8 Å². The van der Waals surface area contributed by atoms with Crippen molar-refractivity contribution in [2.75, 3.05) is 38.5 Å². The summed E-state index contributed by atoms with van der Waals surface area (Å²) in [6.45, 7) is -0.00600. The molecule has 138 valence electrons. The molecule has 0 saturated heterocycles. The maximum atomic E-state index is 12.1. The van der Waals surface area contributed by atoms with E-state index < -0.39 is 5.97 Å². The van der Waals surface area contributed by atoms with E-state index in [1.165, 1.54) is 21.3 Å². The van der Waals surface area contributed by atoms with Crippen LogP contribution in [-0.4, -0.2) is 39.8 Å². The summed E-state index contributed by atoms with van der Waals surface area (Å²) in [5.41, 5.74) is 1.50. The number of anilines is 2. The highest BCUT2D eigenvalue weighted by Crippen LogP contribution is 2.35. The zero-order chi connectivity index (χ0) is 19.1. The molecular formula is C18H19ClN2O5. The zero-order valence-electron chi connectivity index (χ0n) is 14.6. The van der Waals surface area contributed by atoms with Crippen LogP contribution in [0.4, 0.5) is 11.4 Å². The molecule has 2 aromatic rings. The summed E-state index contributed by atoms with van der Waals surface area (Å²) < 4.78 is 15.0. The molecule has 0 fully saturated rings. The minimum atomic E-state index is -0.437. The van der Waals surface area contributed by atoms with Gasteiger partial charge in [-0.1, -0.05) is 11.6 Å². The van der Waals surface area contributed by atoms with Crippen LogP contribution in [0.1, 0.15) is 10.4 Å². The molecule has 7 nitrogen and oxygen atoms in total. The Balaban J connectivity index is 1.97. The lowest BCUT2D eigenvalue weighted by molar-refractivity contribution is -0.114. The molecule has 8 heteroatoms. The minimum absolute atomic E-state index is 0.00600. The third kappa shape index (κ3) is 4.80. The Bertz CT molecular complexity index is 793. The fourth-order valence-corrected chi connectivity index (χ4v) is 2.40. The number of hydrogen-bond acceptors (Lipinski definition) is 6. The standard InChI is InChI=1S/C18H19ClN2O5/c1-24-15-8-13(19)14(9-16(15)25-2)20-10-17(22)21-12-6-4-11(5-7-12)18(23)26-3/h4-9,20H,10H2,1-3H3,(H,21,22). The molecule has 0 spiro atoms. The Hall–Kier alpha value is -2.93. The molecule has 0 aromatic heterocycles. The minimum Gasteiger partial charge on any atom is -0.493 e. The summed E-state index contributed by atoms with van der Waals surface area (Å²) in [5.74, 6) is 0.283. The van der Waals surface area contributed by atoms with E-state index in [0.717, 1.165) is 0 Å². The van der Waals surface area contributed by atoms with Gasteiger partial charge in [-0.05, 0) is 24.3 Å². The van der Waals surface area contributed by atoms with E-state index >= 15 is 0 Å². The first-order valence-corrected chi connectivity index (χ1v) is 8.00. The number of rotatable bonds is 7. The summed E-state index contributed by atoms with van der Waals surface area (Å²) >= 11 is 6.17. The molecule has 2 aromatic carbocycles. The van der Waals surface area contributed by atoms with Crippen molar-refractivity contribution >= 4 is 34.9 Å². The van der Waals surface area contributed by atoms with Crippen molar-refractivity contribution in [3.63, 3.8) is 0 Å². The second-order valence-corrected chi connectivity index (χ2v) is 5.56. The lowest BCUT2D eigenvalue weighted by Crippen LogP contribution is -2.22. The summed E-state index contributed by atoms with van der Waals surface area (Å²) in [4.78, 5) is 23.5. The fourth-order valence-electron chi connectivity index (χ4n) is 2.18. The molecule has 2 N–H and O–H groups in total. The largest absolute Gasteiger partial charge is 0.493 e. The number of benzene rings is 2. The predicted octanol–water partition coefficient (Wildman–Crippen LogP) is 3.19. The predicted molar refractivity (Wildman–Crippen MR) is 99.5 cm³/mol. The average molecular weight is 379 g/mol. The monoisotopic (exact) mass is 378 g/mol. The van der Waals surface area contributed by atoms with Crippen molar-refractivity contribution < 1.29 is 23.8 Å². The number of carbonyl (C=O) groups is 2. The van der Waals surface area contributed by atoms with Crippen molar-refractivity contribution in [2.45, 2.75) is 0 Å². The summed E-state index contributed by atoms with van der Waals surface area (Å²) in [5, 5.41) is 6.06. The molecule has 2 rings (SSSR count). The first-order valence-electron chi connectivity index (χ1n) is 7.62. The van der Waals surface area contributed by atoms with Crippen molar-refractivity contribution in [3.05, 3.63) is 47.0 Å². The van der Waals surface area contributed by atoms with Gasteiger partial charge in [0.15, 0.2) is 11.5 Å². The molecule has 0 aliphatic rings. The molecule has 0 aliphatic carbocycles. The first-order chi connectivity index (χ1) is 12.5. The van der Waals surface area contributed by atoms with Crippen molar-refractivity contribution in [1.29, 1.82) is 0 Å². The highest BCUT2D eigenvalue weighted by molar-refractivity contribution is 6.33. The molecule has 0 saturated carbocycles. The van der Waals surface area contributed by atoms with E-state index in [1.807, 2.05) is 0 Å². The normalized spacial score (nSPS) is 10.0. The van der Waals surface area contributed by atoms with Gasteiger partial charge in [-0.15, -0.1) is 0 Å². The molecular weight excluding hydrogens is 360 g/mol. The van der Waals surface area contributed by atoms with Gasteiger partial charge < -0.3 is 24.8 Å². The second-order valence-electron chi connectivity index (χ2n) is 5.16. The Morgan fingerprint density at radius 2 is 1.62 bits per heavy atom. The molecule has 0 aliphatic heterocycles. The number of hydrogen-bond donors (Lipinski definition) is 2. The van der Waals surface area contributed by atoms with Gasteiger partial charge in [-0.3, -0.25) is 4.79 Å². The summed E-state index contributed by atoms with van der Waals surface area (Å²) in [7, 11) is 4.34. The van der Waals surface area contributed by atoms with Gasteiger partial charge in [-0.25, -0.2) is 4.79 Å². The molecule has 1 amide bonds. The van der Waals surface area contributed by atoms with Crippen LogP contribution in [0.2, 0.25) is 5.02 Å². The number of methoxy groups -OCH3 is 3. The third-order valence-electron chi connectivity index (χ3n) is 3.50. The number of nitrogens with one attached hydrogen (secondary N) is 2. The maximum absolute atomic E-state index is 12.1. The van der Waals surface area contributed by atoms with Gasteiger partial charge in [-0.2, -0.15) is 0 Å². The van der Waals surface area contributed by atoms with E-state index in [-0.39, 0.29) is 12.5 Å². The van der Waals surface area contributed by atoms with Gasteiger partial charge in [0.2, 0.25) is 5.91 Å². The van der Waals surface area contributed by atoms with E-state index in [9.17, 15) is 9.59 Å². The average Bonchev–Trinajstić information content (AvgIpc) is 2.66. The molecule has 0 bridgehead atoms. The first kappa shape index (κ1) is 19.4. The van der Waals surface area contributed by atoms with Crippen LogP contribution in [0.3, 0.4) is 0 Å². The number of esters is 1. The summed E-state index contributed by atoms with van der Waals surface area (Å²) in [6, 6.07) is 9.63. The van der Waals surface area contributed by atoms with Crippen LogP contribution in [0, 0.1) is 0 Å². The topological polar surface area (TPSA) is 85.9 Å².